The van der Waals surface area contributed by atoms with Crippen molar-refractivity contribution < 1.29 is 4.79 Å². The molecule has 0 aliphatic heterocycles. The lowest BCUT2D eigenvalue weighted by molar-refractivity contribution is 0.102. The highest BCUT2D eigenvalue weighted by molar-refractivity contribution is 9.10. The number of nitrogens with zero attached hydrogens (tertiary/aromatic N) is 2. The van der Waals surface area contributed by atoms with Gasteiger partial charge >= 0.3 is 0 Å². The van der Waals surface area contributed by atoms with E-state index in [0.29, 0.717) is 26.4 Å². The second-order valence-corrected chi connectivity index (χ2v) is 11.3. The maximum atomic E-state index is 12.9. The van der Waals surface area contributed by atoms with E-state index in [1.54, 1.807) is 30.5 Å². The Morgan fingerprint density at radius 1 is 1.00 bits per heavy atom. The lowest BCUT2D eigenvalue weighted by atomic mass is 9.87. The Labute approximate surface area is 222 Å². The molecule has 2 N–H and O–H groups in total. The van der Waals surface area contributed by atoms with Crippen molar-refractivity contribution >= 4 is 61.1 Å². The molecule has 0 spiro atoms. The van der Waals surface area contributed by atoms with Gasteiger partial charge in [0, 0.05) is 20.6 Å². The third-order valence-electron chi connectivity index (χ3n) is 5.23. The molecule has 8 heteroatoms. The number of hydrogen-bond donors (Lipinski definition) is 2. The SMILES string of the molecule is CC(C)(C)c1ccc(C=NNc2nc(-c3ccc(Cl)cc3)c(NC(=O)c3ccc(Br)cc3)s2)cc1. The number of aromatic nitrogens is 1. The number of halogens is 2. The van der Waals surface area contributed by atoms with Crippen molar-refractivity contribution in [3.8, 4) is 11.3 Å². The number of hydrogen-bond acceptors (Lipinski definition) is 5. The quantitative estimate of drug-likeness (QED) is 0.182. The van der Waals surface area contributed by atoms with Crippen molar-refractivity contribution in [3.05, 3.63) is 99.0 Å². The summed E-state index contributed by atoms with van der Waals surface area (Å²) in [4.78, 5) is 17.5. The van der Waals surface area contributed by atoms with E-state index in [0.717, 1.165) is 15.6 Å². The van der Waals surface area contributed by atoms with Gasteiger partial charge in [-0.1, -0.05) is 96.0 Å². The Bertz CT molecular complexity index is 1340. The molecule has 4 rings (SSSR count). The Kier molecular flexibility index (Phi) is 7.69. The highest BCUT2D eigenvalue weighted by atomic mass is 79.9. The molecule has 0 fully saturated rings. The van der Waals surface area contributed by atoms with Crippen LogP contribution in [0.15, 0.2) is 82.4 Å². The van der Waals surface area contributed by atoms with Crippen LogP contribution in [0.1, 0.15) is 42.3 Å². The molecule has 4 aromatic rings. The van der Waals surface area contributed by atoms with E-state index in [1.165, 1.54) is 16.9 Å². The van der Waals surface area contributed by atoms with Gasteiger partial charge in [0.2, 0.25) is 5.13 Å². The Morgan fingerprint density at radius 2 is 1.66 bits per heavy atom. The largest absolute Gasteiger partial charge is 0.312 e. The van der Waals surface area contributed by atoms with Crippen LogP contribution in [0, 0.1) is 0 Å². The molecule has 3 aromatic carbocycles. The van der Waals surface area contributed by atoms with Gasteiger partial charge in [0.05, 0.1) is 6.21 Å². The first-order valence-electron chi connectivity index (χ1n) is 10.9. The Morgan fingerprint density at radius 3 is 2.29 bits per heavy atom. The molecule has 178 valence electrons. The molecular weight excluding hydrogens is 544 g/mol. The summed E-state index contributed by atoms with van der Waals surface area (Å²) in [7, 11) is 0. The van der Waals surface area contributed by atoms with Crippen LogP contribution in [0.25, 0.3) is 11.3 Å². The van der Waals surface area contributed by atoms with Crippen molar-refractivity contribution in [3.63, 3.8) is 0 Å². The highest BCUT2D eigenvalue weighted by Gasteiger charge is 2.17. The Balaban J connectivity index is 1.55. The van der Waals surface area contributed by atoms with Gasteiger partial charge in [0.1, 0.15) is 10.7 Å². The molecule has 0 saturated carbocycles. The van der Waals surface area contributed by atoms with Crippen molar-refractivity contribution in [2.75, 3.05) is 10.7 Å². The van der Waals surface area contributed by atoms with E-state index in [-0.39, 0.29) is 11.3 Å². The topological polar surface area (TPSA) is 66.4 Å². The van der Waals surface area contributed by atoms with Crippen LogP contribution < -0.4 is 10.7 Å². The normalized spacial score (nSPS) is 11.6. The fraction of sp³-hybridized carbons (Fsp3) is 0.148. The summed E-state index contributed by atoms with van der Waals surface area (Å²) >= 11 is 10.8. The van der Waals surface area contributed by atoms with E-state index in [9.17, 15) is 4.79 Å². The molecule has 0 aliphatic rings. The van der Waals surface area contributed by atoms with Crippen LogP contribution in [-0.2, 0) is 5.41 Å². The third kappa shape index (κ3) is 6.57. The van der Waals surface area contributed by atoms with Gasteiger partial charge in [0.25, 0.3) is 5.91 Å². The van der Waals surface area contributed by atoms with Gasteiger partial charge in [-0.2, -0.15) is 5.10 Å². The van der Waals surface area contributed by atoms with Gasteiger partial charge in [-0.25, -0.2) is 4.98 Å². The van der Waals surface area contributed by atoms with Crippen LogP contribution in [0.5, 0.6) is 0 Å². The first-order chi connectivity index (χ1) is 16.7. The molecule has 1 amide bonds. The van der Waals surface area contributed by atoms with Crippen LogP contribution in [0.3, 0.4) is 0 Å². The first-order valence-corrected chi connectivity index (χ1v) is 12.9. The van der Waals surface area contributed by atoms with Gasteiger partial charge in [-0.05, 0) is 52.9 Å². The molecule has 0 radical (unpaired) electrons. The van der Waals surface area contributed by atoms with E-state index in [1.807, 2.05) is 36.4 Å². The predicted octanol–water partition coefficient (Wildman–Crippen LogP) is 8.22. The number of thiazole rings is 1. The fourth-order valence-corrected chi connectivity index (χ4v) is 4.49. The zero-order valence-electron chi connectivity index (χ0n) is 19.5. The molecule has 35 heavy (non-hydrogen) atoms. The van der Waals surface area contributed by atoms with E-state index < -0.39 is 0 Å². The summed E-state index contributed by atoms with van der Waals surface area (Å²) < 4.78 is 0.908. The zero-order chi connectivity index (χ0) is 25.0. The molecule has 5 nitrogen and oxygen atoms in total. The highest BCUT2D eigenvalue weighted by Crippen LogP contribution is 2.36. The van der Waals surface area contributed by atoms with Crippen molar-refractivity contribution in [1.82, 2.24) is 4.98 Å². The molecule has 0 aliphatic carbocycles. The lowest BCUT2D eigenvalue weighted by Gasteiger charge is -2.18. The summed E-state index contributed by atoms with van der Waals surface area (Å²) in [6.07, 6.45) is 1.75. The molecule has 0 atom stereocenters. The smallest absolute Gasteiger partial charge is 0.256 e. The van der Waals surface area contributed by atoms with Crippen molar-refractivity contribution in [2.24, 2.45) is 5.10 Å². The predicted molar refractivity (Wildman–Crippen MR) is 151 cm³/mol. The minimum absolute atomic E-state index is 0.101. The van der Waals surface area contributed by atoms with E-state index in [2.05, 4.69) is 69.7 Å². The fourth-order valence-electron chi connectivity index (χ4n) is 3.26. The van der Waals surface area contributed by atoms with Crippen LogP contribution in [-0.4, -0.2) is 17.1 Å². The third-order valence-corrected chi connectivity index (χ3v) is 6.88. The monoisotopic (exact) mass is 566 g/mol. The first kappa shape index (κ1) is 25.1. The molecular formula is C27H24BrClN4OS. The van der Waals surface area contributed by atoms with Crippen LogP contribution in [0.4, 0.5) is 10.1 Å². The average molecular weight is 568 g/mol. The summed E-state index contributed by atoms with van der Waals surface area (Å²) in [5, 5.41) is 9.14. The number of amides is 1. The molecule has 1 aromatic heterocycles. The average Bonchev–Trinajstić information content (AvgIpc) is 3.22. The maximum absolute atomic E-state index is 12.9. The van der Waals surface area contributed by atoms with Crippen LogP contribution in [0.2, 0.25) is 5.02 Å². The molecule has 0 bridgehead atoms. The number of carbonyl (C=O) groups excluding carboxylic acids is 1. The van der Waals surface area contributed by atoms with Gasteiger partial charge in [-0.15, -0.1) is 0 Å². The van der Waals surface area contributed by atoms with Crippen molar-refractivity contribution in [2.45, 2.75) is 26.2 Å². The number of rotatable bonds is 6. The summed E-state index contributed by atoms with van der Waals surface area (Å²) in [5.41, 5.74) is 7.37. The standard InChI is InChI=1S/C27H24BrClN4OS/c1-27(2,3)20-10-4-17(5-11-20)16-30-33-26-31-23(18-8-14-22(29)15-9-18)25(35-26)32-24(34)19-6-12-21(28)13-7-19/h4-16H,1-3H3,(H,31,33)(H,32,34). The van der Waals surface area contributed by atoms with Crippen molar-refractivity contribution in [1.29, 1.82) is 0 Å². The van der Waals surface area contributed by atoms with Gasteiger partial charge in [0.15, 0.2) is 0 Å². The summed E-state index contributed by atoms with van der Waals surface area (Å²) in [5.74, 6) is -0.217. The lowest BCUT2D eigenvalue weighted by Crippen LogP contribution is -2.11. The second-order valence-electron chi connectivity index (χ2n) is 8.91. The van der Waals surface area contributed by atoms with E-state index in [4.69, 9.17) is 11.6 Å². The molecule has 0 unspecified atom stereocenters. The number of carbonyl (C=O) groups is 1. The summed E-state index contributed by atoms with van der Waals surface area (Å²) in [6.45, 7) is 6.56. The summed E-state index contributed by atoms with van der Waals surface area (Å²) in [6, 6.07) is 22.8. The zero-order valence-corrected chi connectivity index (χ0v) is 22.6. The van der Waals surface area contributed by atoms with Crippen LogP contribution >= 0.6 is 38.9 Å². The molecule has 1 heterocycles. The number of hydrazone groups is 1. The Hall–Kier alpha value is -3.00. The van der Waals surface area contributed by atoms with Gasteiger partial charge < -0.3 is 5.32 Å². The number of benzene rings is 3. The van der Waals surface area contributed by atoms with E-state index >= 15 is 0 Å². The number of anilines is 2. The minimum Gasteiger partial charge on any atom is -0.312 e. The minimum atomic E-state index is -0.217. The molecule has 0 saturated heterocycles. The second kappa shape index (κ2) is 10.7. The number of nitrogens with one attached hydrogen (secondary N) is 2. The maximum Gasteiger partial charge on any atom is 0.256 e. The van der Waals surface area contributed by atoms with Gasteiger partial charge in [-0.3, -0.25) is 10.2 Å².